The van der Waals surface area contributed by atoms with Gasteiger partial charge >= 0.3 is 0 Å². The summed E-state index contributed by atoms with van der Waals surface area (Å²) in [5, 5.41) is 5.90. The van der Waals surface area contributed by atoms with E-state index in [1.54, 1.807) is 0 Å². The molecule has 1 aromatic rings. The maximum atomic E-state index is 3.71. The summed E-state index contributed by atoms with van der Waals surface area (Å²) in [4.78, 5) is 4.14. The Morgan fingerprint density at radius 3 is 2.53 bits per heavy atom. The van der Waals surface area contributed by atoms with Gasteiger partial charge in [-0.15, -0.1) is 11.3 Å². The fourth-order valence-corrected chi connectivity index (χ4v) is 3.29. The van der Waals surface area contributed by atoms with Crippen LogP contribution in [0.3, 0.4) is 0 Å². The van der Waals surface area contributed by atoms with Gasteiger partial charge in [0.05, 0.1) is 0 Å². The van der Waals surface area contributed by atoms with Crippen molar-refractivity contribution in [2.45, 2.75) is 65.2 Å². The van der Waals surface area contributed by atoms with Crippen molar-refractivity contribution >= 4 is 11.3 Å². The van der Waals surface area contributed by atoms with Crippen LogP contribution in [0.15, 0.2) is 17.5 Å². The molecular formula is C16H28N2S. The predicted octanol–water partition coefficient (Wildman–Crippen LogP) is 3.74. The van der Waals surface area contributed by atoms with Crippen LogP contribution >= 0.6 is 11.3 Å². The van der Waals surface area contributed by atoms with Crippen molar-refractivity contribution in [3.63, 3.8) is 0 Å². The van der Waals surface area contributed by atoms with Gasteiger partial charge in [0, 0.05) is 36.1 Å². The van der Waals surface area contributed by atoms with E-state index in [-0.39, 0.29) is 0 Å². The number of nitrogens with one attached hydrogen (secondary N) is 1. The van der Waals surface area contributed by atoms with Crippen molar-refractivity contribution in [3.8, 4) is 0 Å². The Hall–Kier alpha value is -0.380. The standard InChI is InChI=1S/C16H28N2S/c1-12(2)16(10-17-14-7-8-14)18(13(3)4)11-15-6-5-9-19-15/h5-6,9,12-14,16-17H,7-8,10-11H2,1-4H3. The van der Waals surface area contributed by atoms with E-state index in [0.717, 1.165) is 19.1 Å². The average molecular weight is 280 g/mol. The molecule has 1 aliphatic carbocycles. The SMILES string of the molecule is CC(C)C(CNC1CC1)N(Cc1cccs1)C(C)C. The zero-order chi connectivity index (χ0) is 13.8. The van der Waals surface area contributed by atoms with Gasteiger partial charge in [0.15, 0.2) is 0 Å². The fourth-order valence-electron chi connectivity index (χ4n) is 2.58. The molecule has 1 N–H and O–H groups in total. The summed E-state index contributed by atoms with van der Waals surface area (Å²) < 4.78 is 0. The quantitative estimate of drug-likeness (QED) is 0.780. The average Bonchev–Trinajstić information content (AvgIpc) is 3.02. The highest BCUT2D eigenvalue weighted by molar-refractivity contribution is 7.09. The van der Waals surface area contributed by atoms with Gasteiger partial charge in [0.2, 0.25) is 0 Å². The normalized spacial score (nSPS) is 17.6. The Bertz CT molecular complexity index is 355. The van der Waals surface area contributed by atoms with Gasteiger partial charge in [-0.1, -0.05) is 19.9 Å². The summed E-state index contributed by atoms with van der Waals surface area (Å²) in [6.45, 7) is 11.6. The molecule has 0 spiro atoms. The molecule has 1 saturated carbocycles. The van der Waals surface area contributed by atoms with Gasteiger partial charge in [-0.05, 0) is 44.1 Å². The molecule has 108 valence electrons. The zero-order valence-electron chi connectivity index (χ0n) is 12.7. The summed E-state index contributed by atoms with van der Waals surface area (Å²) in [6, 6.07) is 6.44. The van der Waals surface area contributed by atoms with E-state index in [9.17, 15) is 0 Å². The van der Waals surface area contributed by atoms with Crippen molar-refractivity contribution in [3.05, 3.63) is 22.4 Å². The third-order valence-electron chi connectivity index (χ3n) is 3.97. The van der Waals surface area contributed by atoms with Crippen LogP contribution in [0.4, 0.5) is 0 Å². The van der Waals surface area contributed by atoms with Gasteiger partial charge in [-0.25, -0.2) is 0 Å². The molecule has 19 heavy (non-hydrogen) atoms. The molecule has 2 rings (SSSR count). The van der Waals surface area contributed by atoms with Crippen molar-refractivity contribution < 1.29 is 0 Å². The second kappa shape index (κ2) is 6.87. The molecule has 1 aromatic heterocycles. The Morgan fingerprint density at radius 1 is 1.32 bits per heavy atom. The number of nitrogens with zero attached hydrogens (tertiary/aromatic N) is 1. The minimum atomic E-state index is 0.593. The molecule has 1 heterocycles. The van der Waals surface area contributed by atoms with Gasteiger partial charge < -0.3 is 5.32 Å². The lowest BCUT2D eigenvalue weighted by Crippen LogP contribution is -2.48. The monoisotopic (exact) mass is 280 g/mol. The van der Waals surface area contributed by atoms with E-state index in [0.29, 0.717) is 18.0 Å². The zero-order valence-corrected chi connectivity index (χ0v) is 13.5. The Morgan fingerprint density at radius 2 is 2.05 bits per heavy atom. The molecule has 0 amide bonds. The number of thiophene rings is 1. The molecule has 0 saturated heterocycles. The lowest BCUT2D eigenvalue weighted by Gasteiger charge is -2.37. The summed E-state index contributed by atoms with van der Waals surface area (Å²) in [5.74, 6) is 0.689. The molecule has 3 heteroatoms. The Balaban J connectivity index is 1.99. The summed E-state index contributed by atoms with van der Waals surface area (Å²) in [7, 11) is 0. The molecule has 1 fully saturated rings. The minimum absolute atomic E-state index is 0.593. The molecular weight excluding hydrogens is 252 g/mol. The lowest BCUT2D eigenvalue weighted by atomic mass is 10.0. The van der Waals surface area contributed by atoms with Crippen molar-refractivity contribution in [1.82, 2.24) is 10.2 Å². The summed E-state index contributed by atoms with van der Waals surface area (Å²) in [5.41, 5.74) is 0. The number of hydrogen-bond donors (Lipinski definition) is 1. The molecule has 0 bridgehead atoms. The van der Waals surface area contributed by atoms with Crippen LogP contribution < -0.4 is 5.32 Å². The molecule has 0 radical (unpaired) electrons. The highest BCUT2D eigenvalue weighted by Gasteiger charge is 2.27. The highest BCUT2D eigenvalue weighted by atomic mass is 32.1. The predicted molar refractivity (Wildman–Crippen MR) is 84.6 cm³/mol. The third-order valence-corrected chi connectivity index (χ3v) is 4.83. The van der Waals surface area contributed by atoms with E-state index in [4.69, 9.17) is 0 Å². The van der Waals surface area contributed by atoms with E-state index < -0.39 is 0 Å². The second-order valence-corrected chi connectivity index (χ2v) is 7.37. The molecule has 0 aliphatic heterocycles. The van der Waals surface area contributed by atoms with Gasteiger partial charge in [0.1, 0.15) is 0 Å². The first kappa shape index (κ1) is 15.0. The summed E-state index contributed by atoms with van der Waals surface area (Å²) >= 11 is 1.87. The van der Waals surface area contributed by atoms with Crippen LogP contribution in [0.5, 0.6) is 0 Å². The number of hydrogen-bond acceptors (Lipinski definition) is 3. The maximum Gasteiger partial charge on any atom is 0.0334 e. The van der Waals surface area contributed by atoms with Crippen LogP contribution in [0.2, 0.25) is 0 Å². The van der Waals surface area contributed by atoms with Crippen LogP contribution in [-0.4, -0.2) is 29.6 Å². The van der Waals surface area contributed by atoms with Crippen molar-refractivity contribution in [2.24, 2.45) is 5.92 Å². The van der Waals surface area contributed by atoms with Gasteiger partial charge in [-0.2, -0.15) is 0 Å². The van der Waals surface area contributed by atoms with E-state index >= 15 is 0 Å². The molecule has 1 atom stereocenters. The first-order valence-corrected chi connectivity index (χ1v) is 8.47. The van der Waals surface area contributed by atoms with Crippen LogP contribution in [0.1, 0.15) is 45.4 Å². The van der Waals surface area contributed by atoms with E-state index in [2.05, 4.69) is 55.4 Å². The highest BCUT2D eigenvalue weighted by Crippen LogP contribution is 2.23. The molecule has 0 aromatic carbocycles. The van der Waals surface area contributed by atoms with Gasteiger partial charge in [-0.3, -0.25) is 4.90 Å². The molecule has 2 nitrogen and oxygen atoms in total. The lowest BCUT2D eigenvalue weighted by molar-refractivity contribution is 0.108. The van der Waals surface area contributed by atoms with E-state index in [1.165, 1.54) is 17.7 Å². The van der Waals surface area contributed by atoms with E-state index in [1.807, 2.05) is 11.3 Å². The van der Waals surface area contributed by atoms with Crippen molar-refractivity contribution in [2.75, 3.05) is 6.54 Å². The molecule has 1 aliphatic rings. The van der Waals surface area contributed by atoms with Crippen LogP contribution in [0, 0.1) is 5.92 Å². The minimum Gasteiger partial charge on any atom is -0.312 e. The third kappa shape index (κ3) is 4.59. The second-order valence-electron chi connectivity index (χ2n) is 6.34. The Labute approximate surface area is 122 Å². The smallest absolute Gasteiger partial charge is 0.0334 e. The van der Waals surface area contributed by atoms with Gasteiger partial charge in [0.25, 0.3) is 0 Å². The molecule has 1 unspecified atom stereocenters. The topological polar surface area (TPSA) is 15.3 Å². The fraction of sp³-hybridized carbons (Fsp3) is 0.750. The largest absolute Gasteiger partial charge is 0.312 e. The summed E-state index contributed by atoms with van der Waals surface area (Å²) in [6.07, 6.45) is 2.74. The van der Waals surface area contributed by atoms with Crippen molar-refractivity contribution in [1.29, 1.82) is 0 Å². The van der Waals surface area contributed by atoms with Crippen LogP contribution in [-0.2, 0) is 6.54 Å². The first-order valence-electron chi connectivity index (χ1n) is 7.59. The maximum absolute atomic E-state index is 3.71. The van der Waals surface area contributed by atoms with Crippen LogP contribution in [0.25, 0.3) is 0 Å². The number of rotatable bonds is 8. The first-order chi connectivity index (χ1) is 9.08. The Kier molecular flexibility index (Phi) is 5.43.